The molecule has 3 rings (SSSR count). The quantitative estimate of drug-likeness (QED) is 0.392. The van der Waals surface area contributed by atoms with Crippen molar-refractivity contribution in [1.29, 1.82) is 0 Å². The van der Waals surface area contributed by atoms with Crippen LogP contribution in [0.2, 0.25) is 5.02 Å². The number of aliphatic hydroxyl groups excluding tert-OH is 1. The van der Waals surface area contributed by atoms with Gasteiger partial charge in [0, 0.05) is 23.7 Å². The van der Waals surface area contributed by atoms with Crippen LogP contribution in [0.25, 0.3) is 0 Å². The van der Waals surface area contributed by atoms with Crippen molar-refractivity contribution in [3.8, 4) is 0 Å². The van der Waals surface area contributed by atoms with Crippen LogP contribution in [0.5, 0.6) is 0 Å². The molecule has 1 amide bonds. The Kier molecular flexibility index (Phi) is 8.77. The Hall–Kier alpha value is -3.00. The fraction of sp³-hybridized carbons (Fsp3) is 0.240. The van der Waals surface area contributed by atoms with E-state index in [0.29, 0.717) is 17.1 Å². The number of carbonyl (C=O) groups excluding carboxylic acids is 1. The normalized spacial score (nSPS) is 13.2. The van der Waals surface area contributed by atoms with Gasteiger partial charge in [0.2, 0.25) is 0 Å². The minimum Gasteiger partial charge on any atom is -0.445 e. The third-order valence-electron chi connectivity index (χ3n) is 4.99. The van der Waals surface area contributed by atoms with Crippen molar-refractivity contribution in [2.24, 2.45) is 0 Å². The van der Waals surface area contributed by atoms with Crippen LogP contribution in [-0.2, 0) is 23.8 Å². The van der Waals surface area contributed by atoms with Gasteiger partial charge in [0.15, 0.2) is 0 Å². The molecule has 0 aliphatic heterocycles. The predicted molar refractivity (Wildman–Crippen MR) is 123 cm³/mol. The molecule has 0 saturated carbocycles. The number of aliphatic hydroxyl groups is 1. The highest BCUT2D eigenvalue weighted by atomic mass is 35.5. The monoisotopic (exact) mass is 474 g/mol. The maximum atomic E-state index is 15.3. The van der Waals surface area contributed by atoms with Gasteiger partial charge in [-0.1, -0.05) is 84.4 Å². The maximum absolute atomic E-state index is 15.3. The summed E-state index contributed by atoms with van der Waals surface area (Å²) in [6.45, 7) is 0.0255. The summed E-state index contributed by atoms with van der Waals surface area (Å²) >= 11 is 5.96. The van der Waals surface area contributed by atoms with Gasteiger partial charge in [-0.05, 0) is 23.3 Å². The number of hydrogen-bond acceptors (Lipinski definition) is 4. The van der Waals surface area contributed by atoms with E-state index < -0.39 is 24.2 Å². The molecule has 0 aliphatic rings. The Bertz CT molecular complexity index is 1020. The van der Waals surface area contributed by atoms with Gasteiger partial charge in [-0.25, -0.2) is 4.79 Å². The molecule has 8 heteroatoms. The summed E-state index contributed by atoms with van der Waals surface area (Å²) in [5.74, 6) is -3.55. The molecule has 0 radical (unpaired) electrons. The lowest BCUT2D eigenvalue weighted by molar-refractivity contribution is -0.0825. The van der Waals surface area contributed by atoms with Crippen LogP contribution in [0.15, 0.2) is 84.9 Å². The second kappa shape index (κ2) is 11.7. The molecule has 174 valence electrons. The minimum atomic E-state index is -3.55. The Labute approximate surface area is 196 Å². The van der Waals surface area contributed by atoms with Gasteiger partial charge in [0.25, 0.3) is 5.92 Å². The first-order chi connectivity index (χ1) is 15.9. The first-order valence-corrected chi connectivity index (χ1v) is 10.8. The van der Waals surface area contributed by atoms with E-state index in [1.165, 1.54) is 24.3 Å². The highest BCUT2D eigenvalue weighted by Gasteiger charge is 2.46. The van der Waals surface area contributed by atoms with Gasteiger partial charge >= 0.3 is 6.09 Å². The summed E-state index contributed by atoms with van der Waals surface area (Å²) in [6, 6.07) is 21.0. The molecule has 5 nitrogen and oxygen atoms in total. The Morgan fingerprint density at radius 1 is 0.970 bits per heavy atom. The van der Waals surface area contributed by atoms with Crippen LogP contribution >= 0.6 is 11.6 Å². The van der Waals surface area contributed by atoms with E-state index in [1.807, 2.05) is 12.1 Å². The van der Waals surface area contributed by atoms with Crippen molar-refractivity contribution in [3.05, 3.63) is 107 Å². The zero-order chi connectivity index (χ0) is 23.7. The molecule has 3 aromatic rings. The first-order valence-electron chi connectivity index (χ1n) is 10.4. The van der Waals surface area contributed by atoms with Crippen molar-refractivity contribution in [1.82, 2.24) is 10.6 Å². The standard InChI is InChI=1S/C25H25ClF2N2O3/c26-21-13-7-10-19(14-21)15-29-16-22(31)23(25(27,28)20-11-5-2-6-12-20)30-24(32)33-17-18-8-3-1-4-9-18/h1-14,22-23,29,31H,15-17H2,(H,30,32)/t22-,23+/m0/s1. The molecule has 0 unspecified atom stereocenters. The largest absolute Gasteiger partial charge is 0.445 e. The van der Waals surface area contributed by atoms with E-state index in [9.17, 15) is 9.90 Å². The first kappa shape index (κ1) is 24.6. The second-order valence-electron chi connectivity index (χ2n) is 7.50. The Balaban J connectivity index is 1.68. The fourth-order valence-corrected chi connectivity index (χ4v) is 3.50. The van der Waals surface area contributed by atoms with Gasteiger partial charge in [0.05, 0.1) is 6.10 Å². The highest BCUT2D eigenvalue weighted by Crippen LogP contribution is 2.33. The SMILES string of the molecule is O=C(N[C@H]([C@@H](O)CNCc1cccc(Cl)c1)C(F)(F)c1ccccc1)OCc1ccccc1. The van der Waals surface area contributed by atoms with Gasteiger partial charge in [0.1, 0.15) is 12.6 Å². The van der Waals surface area contributed by atoms with Crippen molar-refractivity contribution >= 4 is 17.7 Å². The average Bonchev–Trinajstić information content (AvgIpc) is 2.82. The van der Waals surface area contributed by atoms with Gasteiger partial charge in [-0.15, -0.1) is 0 Å². The molecule has 0 heterocycles. The van der Waals surface area contributed by atoms with Crippen LogP contribution in [0.4, 0.5) is 13.6 Å². The molecule has 0 aromatic heterocycles. The molecule has 0 bridgehead atoms. The number of ether oxygens (including phenoxy) is 1. The number of halogens is 3. The summed E-state index contributed by atoms with van der Waals surface area (Å²) in [7, 11) is 0. The summed E-state index contributed by atoms with van der Waals surface area (Å²) in [6.07, 6.45) is -2.66. The van der Waals surface area contributed by atoms with E-state index in [1.54, 1.807) is 48.5 Å². The summed E-state index contributed by atoms with van der Waals surface area (Å²) < 4.78 is 35.7. The summed E-state index contributed by atoms with van der Waals surface area (Å²) in [5, 5.41) is 16.3. The van der Waals surface area contributed by atoms with E-state index >= 15 is 8.78 Å². The number of benzene rings is 3. The van der Waals surface area contributed by atoms with Gasteiger partial charge < -0.3 is 20.5 Å². The van der Waals surface area contributed by atoms with E-state index in [4.69, 9.17) is 16.3 Å². The number of alkyl carbamates (subject to hydrolysis) is 1. The maximum Gasteiger partial charge on any atom is 0.407 e. The van der Waals surface area contributed by atoms with E-state index in [2.05, 4.69) is 10.6 Å². The number of amides is 1. The number of alkyl halides is 2. The van der Waals surface area contributed by atoms with Crippen LogP contribution in [0, 0.1) is 0 Å². The topological polar surface area (TPSA) is 70.6 Å². The van der Waals surface area contributed by atoms with Crippen molar-refractivity contribution in [3.63, 3.8) is 0 Å². The zero-order valence-corrected chi connectivity index (χ0v) is 18.5. The van der Waals surface area contributed by atoms with Crippen LogP contribution in [0.1, 0.15) is 16.7 Å². The Morgan fingerprint density at radius 2 is 1.61 bits per heavy atom. The molecule has 3 aromatic carbocycles. The van der Waals surface area contributed by atoms with Gasteiger partial charge in [-0.2, -0.15) is 8.78 Å². The van der Waals surface area contributed by atoms with E-state index in [0.717, 1.165) is 5.56 Å². The highest BCUT2D eigenvalue weighted by molar-refractivity contribution is 6.30. The molecule has 0 saturated heterocycles. The third kappa shape index (κ3) is 7.25. The lowest BCUT2D eigenvalue weighted by Gasteiger charge is -2.31. The molecule has 33 heavy (non-hydrogen) atoms. The third-order valence-corrected chi connectivity index (χ3v) is 5.23. The lowest BCUT2D eigenvalue weighted by atomic mass is 9.96. The zero-order valence-electron chi connectivity index (χ0n) is 17.8. The summed E-state index contributed by atoms with van der Waals surface area (Å²) in [4.78, 5) is 12.3. The molecule has 3 N–H and O–H groups in total. The van der Waals surface area contributed by atoms with E-state index in [-0.39, 0.29) is 18.7 Å². The summed E-state index contributed by atoms with van der Waals surface area (Å²) in [5.41, 5.74) is 1.21. The second-order valence-corrected chi connectivity index (χ2v) is 7.94. The van der Waals surface area contributed by atoms with Crippen molar-refractivity contribution in [2.45, 2.75) is 31.2 Å². The fourth-order valence-electron chi connectivity index (χ4n) is 3.29. The minimum absolute atomic E-state index is 0.0839. The van der Waals surface area contributed by atoms with Crippen LogP contribution in [-0.4, -0.2) is 29.9 Å². The van der Waals surface area contributed by atoms with Crippen LogP contribution < -0.4 is 10.6 Å². The smallest absolute Gasteiger partial charge is 0.407 e. The number of rotatable bonds is 10. The predicted octanol–water partition coefficient (Wildman–Crippen LogP) is 4.88. The Morgan fingerprint density at radius 3 is 2.27 bits per heavy atom. The molecule has 2 atom stereocenters. The molecule has 0 fully saturated rings. The van der Waals surface area contributed by atoms with Crippen LogP contribution in [0.3, 0.4) is 0 Å². The number of nitrogens with one attached hydrogen (secondary N) is 2. The molecule has 0 aliphatic carbocycles. The number of hydrogen-bond donors (Lipinski definition) is 3. The van der Waals surface area contributed by atoms with Gasteiger partial charge in [-0.3, -0.25) is 0 Å². The molecule has 0 spiro atoms. The lowest BCUT2D eigenvalue weighted by Crippen LogP contribution is -2.55. The molecular formula is C25H25ClF2N2O3. The van der Waals surface area contributed by atoms with Crippen molar-refractivity contribution < 1.29 is 23.4 Å². The average molecular weight is 475 g/mol. The molecular weight excluding hydrogens is 450 g/mol. The van der Waals surface area contributed by atoms with Crippen molar-refractivity contribution in [2.75, 3.05) is 6.54 Å². The number of carbonyl (C=O) groups is 1.